The van der Waals surface area contributed by atoms with Crippen LogP contribution in [0.1, 0.15) is 79.1 Å². The Morgan fingerprint density at radius 3 is 2.74 bits per heavy atom. The van der Waals surface area contributed by atoms with Crippen LogP contribution in [0.2, 0.25) is 0 Å². The van der Waals surface area contributed by atoms with Crippen LogP contribution in [-0.4, -0.2) is 5.78 Å². The van der Waals surface area contributed by atoms with E-state index in [0.717, 1.165) is 31.6 Å². The maximum atomic E-state index is 12.7. The van der Waals surface area contributed by atoms with Gasteiger partial charge in [-0.15, -0.1) is 0 Å². The fourth-order valence-electron chi connectivity index (χ4n) is 6.30. The maximum Gasteiger partial charge on any atom is 0.139 e. The van der Waals surface area contributed by atoms with E-state index < -0.39 is 0 Å². The molecular formula is C22H34O. The van der Waals surface area contributed by atoms with E-state index in [-0.39, 0.29) is 5.41 Å². The van der Waals surface area contributed by atoms with Crippen LogP contribution in [0.3, 0.4) is 0 Å². The minimum Gasteiger partial charge on any atom is -0.299 e. The summed E-state index contributed by atoms with van der Waals surface area (Å²) >= 11 is 0. The summed E-state index contributed by atoms with van der Waals surface area (Å²) in [6.07, 6.45) is 11.6. The molecule has 0 saturated heterocycles. The summed E-state index contributed by atoms with van der Waals surface area (Å²) in [7, 11) is 0. The van der Waals surface area contributed by atoms with Crippen LogP contribution in [0.4, 0.5) is 0 Å². The minimum absolute atomic E-state index is 0.0608. The molecule has 3 rings (SSSR count). The van der Waals surface area contributed by atoms with E-state index in [1.54, 1.807) is 5.57 Å². The maximum absolute atomic E-state index is 12.7. The first-order valence-corrected chi connectivity index (χ1v) is 9.72. The van der Waals surface area contributed by atoms with Crippen LogP contribution >= 0.6 is 0 Å². The van der Waals surface area contributed by atoms with Crippen molar-refractivity contribution in [1.29, 1.82) is 0 Å². The van der Waals surface area contributed by atoms with Crippen molar-refractivity contribution in [3.05, 3.63) is 23.8 Å². The third-order valence-electron chi connectivity index (χ3n) is 7.42. The van der Waals surface area contributed by atoms with Crippen molar-refractivity contribution in [2.24, 2.45) is 28.6 Å². The SMILES string of the molecule is C=C1C=C2CCC(C3C(C)CC(=O)C3(C)CCC)CC2(C)CC1. The van der Waals surface area contributed by atoms with Gasteiger partial charge >= 0.3 is 0 Å². The van der Waals surface area contributed by atoms with Crippen LogP contribution < -0.4 is 0 Å². The summed E-state index contributed by atoms with van der Waals surface area (Å²) in [6, 6.07) is 0. The molecule has 0 amide bonds. The van der Waals surface area contributed by atoms with Gasteiger partial charge in [0, 0.05) is 11.8 Å². The Bertz CT molecular complexity index is 542. The van der Waals surface area contributed by atoms with Gasteiger partial charge in [0.2, 0.25) is 0 Å². The van der Waals surface area contributed by atoms with Gasteiger partial charge in [0.25, 0.3) is 0 Å². The molecule has 0 aromatic carbocycles. The minimum atomic E-state index is -0.0608. The third-order valence-corrected chi connectivity index (χ3v) is 7.42. The zero-order valence-electron chi connectivity index (χ0n) is 15.6. The molecule has 3 aliphatic rings. The molecule has 0 radical (unpaired) electrons. The number of carbonyl (C=O) groups is 1. The first-order valence-electron chi connectivity index (χ1n) is 9.72. The van der Waals surface area contributed by atoms with E-state index in [1.165, 1.54) is 31.3 Å². The van der Waals surface area contributed by atoms with Gasteiger partial charge in [-0.3, -0.25) is 4.79 Å². The Morgan fingerprint density at radius 1 is 1.30 bits per heavy atom. The zero-order chi connectivity index (χ0) is 16.8. The topological polar surface area (TPSA) is 17.1 Å². The van der Waals surface area contributed by atoms with Crippen LogP contribution in [0, 0.1) is 28.6 Å². The Morgan fingerprint density at radius 2 is 2.04 bits per heavy atom. The quantitative estimate of drug-likeness (QED) is 0.615. The molecule has 0 aliphatic heterocycles. The van der Waals surface area contributed by atoms with Crippen LogP contribution in [0.25, 0.3) is 0 Å². The van der Waals surface area contributed by atoms with E-state index >= 15 is 0 Å². The number of ketones is 1. The summed E-state index contributed by atoms with van der Waals surface area (Å²) in [4.78, 5) is 12.7. The van der Waals surface area contributed by atoms with Gasteiger partial charge in [-0.25, -0.2) is 0 Å². The highest BCUT2D eigenvalue weighted by molar-refractivity contribution is 5.87. The number of allylic oxidation sites excluding steroid dienone is 3. The van der Waals surface area contributed by atoms with Crippen LogP contribution in [0.5, 0.6) is 0 Å². The predicted molar refractivity (Wildman–Crippen MR) is 97.2 cm³/mol. The van der Waals surface area contributed by atoms with E-state index in [0.29, 0.717) is 23.0 Å². The zero-order valence-corrected chi connectivity index (χ0v) is 15.6. The number of fused-ring (bicyclic) bond motifs is 1. The Hall–Kier alpha value is -0.850. The molecule has 3 aliphatic carbocycles. The van der Waals surface area contributed by atoms with Gasteiger partial charge in [-0.05, 0) is 61.7 Å². The third kappa shape index (κ3) is 2.75. The lowest BCUT2D eigenvalue weighted by atomic mass is 9.56. The van der Waals surface area contributed by atoms with Crippen LogP contribution in [-0.2, 0) is 4.79 Å². The summed E-state index contributed by atoms with van der Waals surface area (Å²) in [5.41, 5.74) is 3.26. The van der Waals surface area contributed by atoms with Crippen molar-refractivity contribution >= 4 is 5.78 Å². The predicted octanol–water partition coefficient (Wildman–Crippen LogP) is 6.10. The number of carbonyl (C=O) groups excluding carboxylic acids is 1. The number of Topliss-reactive ketones (excluding diaryl/α,β-unsaturated/α-hetero) is 1. The van der Waals surface area contributed by atoms with E-state index in [9.17, 15) is 4.79 Å². The molecule has 0 spiro atoms. The van der Waals surface area contributed by atoms with Crippen molar-refractivity contribution in [3.8, 4) is 0 Å². The molecule has 23 heavy (non-hydrogen) atoms. The second-order valence-electron chi connectivity index (χ2n) is 9.19. The molecule has 1 nitrogen and oxygen atoms in total. The van der Waals surface area contributed by atoms with E-state index in [2.05, 4.69) is 40.3 Å². The summed E-state index contributed by atoms with van der Waals surface area (Å²) in [5, 5.41) is 0. The standard InChI is InChI=1S/C22H34O/c1-6-10-22(5)19(23)13-16(3)20(22)17-7-8-18-12-15(2)9-11-21(18,4)14-17/h12,16-17,20H,2,6-11,13-14H2,1,3-5H3. The summed E-state index contributed by atoms with van der Waals surface area (Å²) < 4.78 is 0. The highest BCUT2D eigenvalue weighted by atomic mass is 16.1. The number of hydrogen-bond donors (Lipinski definition) is 0. The fourth-order valence-corrected chi connectivity index (χ4v) is 6.30. The molecule has 5 atom stereocenters. The molecule has 128 valence electrons. The summed E-state index contributed by atoms with van der Waals surface area (Å²) in [6.45, 7) is 13.5. The Balaban J connectivity index is 1.86. The lowest BCUT2D eigenvalue weighted by Crippen LogP contribution is -2.40. The van der Waals surface area contributed by atoms with Crippen molar-refractivity contribution in [2.75, 3.05) is 0 Å². The molecule has 2 fully saturated rings. The smallest absolute Gasteiger partial charge is 0.139 e. The van der Waals surface area contributed by atoms with Gasteiger partial charge < -0.3 is 0 Å². The average Bonchev–Trinajstić information content (AvgIpc) is 2.69. The van der Waals surface area contributed by atoms with Crippen molar-refractivity contribution in [2.45, 2.75) is 79.1 Å². The first-order chi connectivity index (χ1) is 10.8. The number of rotatable bonds is 3. The van der Waals surface area contributed by atoms with Crippen LogP contribution in [0.15, 0.2) is 23.8 Å². The molecule has 0 bridgehead atoms. The fraction of sp³-hybridized carbons (Fsp3) is 0.773. The molecular weight excluding hydrogens is 280 g/mol. The lowest BCUT2D eigenvalue weighted by molar-refractivity contribution is -0.127. The Kier molecular flexibility index (Phi) is 4.36. The van der Waals surface area contributed by atoms with Crippen molar-refractivity contribution < 1.29 is 4.79 Å². The molecule has 0 N–H and O–H groups in total. The van der Waals surface area contributed by atoms with E-state index in [4.69, 9.17) is 0 Å². The largest absolute Gasteiger partial charge is 0.299 e. The van der Waals surface area contributed by atoms with Gasteiger partial charge in [0.15, 0.2) is 0 Å². The second kappa shape index (κ2) is 5.90. The molecule has 5 unspecified atom stereocenters. The summed E-state index contributed by atoms with van der Waals surface area (Å²) in [5.74, 6) is 2.43. The van der Waals surface area contributed by atoms with E-state index in [1.807, 2.05) is 0 Å². The van der Waals surface area contributed by atoms with Gasteiger partial charge in [0.1, 0.15) is 5.78 Å². The average molecular weight is 315 g/mol. The molecule has 0 heterocycles. The van der Waals surface area contributed by atoms with Crippen molar-refractivity contribution in [3.63, 3.8) is 0 Å². The van der Waals surface area contributed by atoms with Crippen molar-refractivity contribution in [1.82, 2.24) is 0 Å². The number of hydrogen-bond acceptors (Lipinski definition) is 1. The Labute approximate surface area is 142 Å². The normalized spacial score (nSPS) is 44.2. The highest BCUT2D eigenvalue weighted by Crippen LogP contribution is 2.58. The highest BCUT2D eigenvalue weighted by Gasteiger charge is 2.54. The van der Waals surface area contributed by atoms with Gasteiger partial charge in [-0.2, -0.15) is 0 Å². The molecule has 0 aromatic heterocycles. The lowest BCUT2D eigenvalue weighted by Gasteiger charge is -2.48. The first kappa shape index (κ1) is 17.0. The monoisotopic (exact) mass is 314 g/mol. The second-order valence-corrected chi connectivity index (χ2v) is 9.19. The van der Waals surface area contributed by atoms with Gasteiger partial charge in [-0.1, -0.05) is 57.9 Å². The molecule has 2 saturated carbocycles. The van der Waals surface area contributed by atoms with Gasteiger partial charge in [0.05, 0.1) is 0 Å². The molecule has 0 aromatic rings. The molecule has 1 heteroatoms.